The number of amides is 1. The first-order valence-corrected chi connectivity index (χ1v) is 12.5. The molecule has 6 heteroatoms. The molecule has 160 valence electrons. The smallest absolute Gasteiger partial charge is 0.266 e. The second-order valence-corrected chi connectivity index (χ2v) is 8.94. The SMILES string of the molecule is CCCCCCCCCCCCCCCC/C=C/C(=O)NCCS(=O)(=O)O. The molecule has 0 saturated carbocycles. The highest BCUT2D eigenvalue weighted by molar-refractivity contribution is 7.85. The highest BCUT2D eigenvalue weighted by Gasteiger charge is 2.04. The van der Waals surface area contributed by atoms with E-state index >= 15 is 0 Å². The minimum atomic E-state index is -4.01. The Balaban J connectivity index is 3.27. The van der Waals surface area contributed by atoms with Crippen molar-refractivity contribution in [1.29, 1.82) is 0 Å². The molecule has 0 bridgehead atoms. The molecule has 1 amide bonds. The summed E-state index contributed by atoms with van der Waals surface area (Å²) in [7, 11) is -4.01. The normalized spacial score (nSPS) is 11.9. The number of hydrogen-bond donors (Lipinski definition) is 2. The number of nitrogens with one attached hydrogen (secondary N) is 1. The van der Waals surface area contributed by atoms with Crippen LogP contribution in [0.2, 0.25) is 0 Å². The summed E-state index contributed by atoms with van der Waals surface area (Å²) in [6, 6.07) is 0. The Kier molecular flexibility index (Phi) is 17.9. The number of carbonyl (C=O) groups excluding carboxylic acids is 1. The molecule has 0 atom stereocenters. The van der Waals surface area contributed by atoms with Crippen LogP contribution in [0.15, 0.2) is 12.2 Å². The zero-order valence-corrected chi connectivity index (χ0v) is 18.1. The fraction of sp³-hybridized carbons (Fsp3) is 0.857. The molecule has 0 heterocycles. The Morgan fingerprint density at radius 1 is 0.815 bits per heavy atom. The van der Waals surface area contributed by atoms with Gasteiger partial charge in [-0.3, -0.25) is 9.35 Å². The van der Waals surface area contributed by atoms with Gasteiger partial charge in [0.15, 0.2) is 0 Å². The third-order valence-electron chi connectivity index (χ3n) is 4.65. The minimum absolute atomic E-state index is 0.0686. The summed E-state index contributed by atoms with van der Waals surface area (Å²) < 4.78 is 29.6. The van der Waals surface area contributed by atoms with Gasteiger partial charge >= 0.3 is 0 Å². The highest BCUT2D eigenvalue weighted by atomic mass is 32.2. The highest BCUT2D eigenvalue weighted by Crippen LogP contribution is 2.13. The van der Waals surface area contributed by atoms with Crippen LogP contribution < -0.4 is 5.32 Å². The molecule has 0 aliphatic rings. The molecular formula is C21H41NO4S. The van der Waals surface area contributed by atoms with Crippen LogP contribution in [-0.4, -0.2) is 31.2 Å². The van der Waals surface area contributed by atoms with Gasteiger partial charge in [-0.05, 0) is 18.9 Å². The maximum absolute atomic E-state index is 11.4. The fourth-order valence-corrected chi connectivity index (χ4v) is 3.37. The van der Waals surface area contributed by atoms with Gasteiger partial charge in [0, 0.05) is 6.54 Å². The van der Waals surface area contributed by atoms with Crippen LogP contribution in [0.5, 0.6) is 0 Å². The summed E-state index contributed by atoms with van der Waals surface area (Å²) >= 11 is 0. The van der Waals surface area contributed by atoms with Crippen molar-refractivity contribution in [2.75, 3.05) is 12.3 Å². The Bertz CT molecular complexity index is 475. The first-order valence-electron chi connectivity index (χ1n) is 10.8. The van der Waals surface area contributed by atoms with Crippen molar-refractivity contribution in [3.8, 4) is 0 Å². The lowest BCUT2D eigenvalue weighted by Gasteiger charge is -2.03. The molecule has 0 aliphatic heterocycles. The monoisotopic (exact) mass is 403 g/mol. The molecule has 2 N–H and O–H groups in total. The Morgan fingerprint density at radius 3 is 1.70 bits per heavy atom. The predicted octanol–water partition coefficient (Wildman–Crippen LogP) is 5.42. The molecule has 0 unspecified atom stereocenters. The average Bonchev–Trinajstić information content (AvgIpc) is 2.60. The predicted molar refractivity (Wildman–Crippen MR) is 113 cm³/mol. The van der Waals surface area contributed by atoms with Crippen molar-refractivity contribution in [3.63, 3.8) is 0 Å². The van der Waals surface area contributed by atoms with Gasteiger partial charge in [-0.15, -0.1) is 0 Å². The molecule has 0 aromatic carbocycles. The minimum Gasteiger partial charge on any atom is -0.351 e. The molecule has 0 aliphatic carbocycles. The molecule has 27 heavy (non-hydrogen) atoms. The van der Waals surface area contributed by atoms with Crippen molar-refractivity contribution in [3.05, 3.63) is 12.2 Å². The number of hydrogen-bond acceptors (Lipinski definition) is 3. The number of allylic oxidation sites excluding steroid dienone is 1. The van der Waals surface area contributed by atoms with Crippen molar-refractivity contribution in [2.45, 2.75) is 103 Å². The van der Waals surface area contributed by atoms with E-state index in [0.717, 1.165) is 12.8 Å². The molecule has 5 nitrogen and oxygen atoms in total. The van der Waals surface area contributed by atoms with Crippen molar-refractivity contribution >= 4 is 16.0 Å². The zero-order chi connectivity index (χ0) is 20.2. The average molecular weight is 404 g/mol. The lowest BCUT2D eigenvalue weighted by Crippen LogP contribution is -2.27. The Hall–Kier alpha value is -0.880. The van der Waals surface area contributed by atoms with E-state index in [1.54, 1.807) is 0 Å². The Labute approximate surface area is 167 Å². The van der Waals surface area contributed by atoms with Gasteiger partial charge in [0.2, 0.25) is 5.91 Å². The van der Waals surface area contributed by atoms with Crippen LogP contribution in [0.1, 0.15) is 103 Å². The van der Waals surface area contributed by atoms with Crippen molar-refractivity contribution in [1.82, 2.24) is 5.32 Å². The standard InChI is InChI=1S/C21H41NO4S/c1-2-3-4-5-6-7-8-9-10-11-12-13-14-15-16-17-18-21(23)22-19-20-27(24,25)26/h17-18H,2-16,19-20H2,1H3,(H,22,23)(H,24,25,26)/b18-17+. The summed E-state index contributed by atoms with van der Waals surface area (Å²) in [4.78, 5) is 11.4. The molecule has 0 fully saturated rings. The van der Waals surface area contributed by atoms with Crippen molar-refractivity contribution in [2.24, 2.45) is 0 Å². The van der Waals surface area contributed by atoms with E-state index in [1.807, 2.05) is 6.08 Å². The number of unbranched alkanes of at least 4 members (excludes halogenated alkanes) is 14. The lowest BCUT2D eigenvalue weighted by molar-refractivity contribution is -0.116. The third-order valence-corrected chi connectivity index (χ3v) is 5.37. The number of rotatable bonds is 19. The van der Waals surface area contributed by atoms with Gasteiger partial charge in [0.25, 0.3) is 10.1 Å². The van der Waals surface area contributed by atoms with Crippen LogP contribution in [0.3, 0.4) is 0 Å². The first-order chi connectivity index (χ1) is 13.0. The van der Waals surface area contributed by atoms with Gasteiger partial charge < -0.3 is 5.32 Å². The maximum Gasteiger partial charge on any atom is 0.266 e. The summed E-state index contributed by atoms with van der Waals surface area (Å²) in [5.41, 5.74) is 0. The van der Waals surface area contributed by atoms with E-state index in [0.29, 0.717) is 0 Å². The van der Waals surface area contributed by atoms with E-state index in [-0.39, 0.29) is 12.5 Å². The van der Waals surface area contributed by atoms with E-state index in [2.05, 4.69) is 12.2 Å². The van der Waals surface area contributed by atoms with Gasteiger partial charge in [-0.2, -0.15) is 8.42 Å². The second-order valence-electron chi connectivity index (χ2n) is 7.36. The zero-order valence-electron chi connectivity index (χ0n) is 17.3. The molecule has 0 aromatic heterocycles. The largest absolute Gasteiger partial charge is 0.351 e. The van der Waals surface area contributed by atoms with Crippen molar-refractivity contribution < 1.29 is 17.8 Å². The summed E-state index contributed by atoms with van der Waals surface area (Å²) in [6.45, 7) is 2.19. The quantitative estimate of drug-likeness (QED) is 0.171. The van der Waals surface area contributed by atoms with Gasteiger partial charge in [0.1, 0.15) is 0 Å². The molecule has 0 spiro atoms. The van der Waals surface area contributed by atoms with Crippen LogP contribution in [0.4, 0.5) is 0 Å². The van der Waals surface area contributed by atoms with E-state index in [9.17, 15) is 13.2 Å². The summed E-state index contributed by atoms with van der Waals surface area (Å²) in [5.74, 6) is -0.769. The lowest BCUT2D eigenvalue weighted by atomic mass is 10.0. The maximum atomic E-state index is 11.4. The third kappa shape index (κ3) is 23.1. The van der Waals surface area contributed by atoms with E-state index in [1.165, 1.54) is 89.5 Å². The van der Waals surface area contributed by atoms with Crippen LogP contribution in [0, 0.1) is 0 Å². The second kappa shape index (κ2) is 18.5. The van der Waals surface area contributed by atoms with Gasteiger partial charge in [0.05, 0.1) is 5.75 Å². The Morgan fingerprint density at radius 2 is 1.26 bits per heavy atom. The summed E-state index contributed by atoms with van der Waals surface area (Å²) in [6.07, 6.45) is 22.8. The van der Waals surface area contributed by atoms with Crippen LogP contribution in [0.25, 0.3) is 0 Å². The molecule has 0 rings (SSSR count). The fourth-order valence-electron chi connectivity index (χ4n) is 3.01. The topological polar surface area (TPSA) is 83.5 Å². The van der Waals surface area contributed by atoms with E-state index in [4.69, 9.17) is 4.55 Å². The molecule has 0 radical (unpaired) electrons. The van der Waals surface area contributed by atoms with Crippen LogP contribution >= 0.6 is 0 Å². The first kappa shape index (κ1) is 26.1. The van der Waals surface area contributed by atoms with Gasteiger partial charge in [-0.1, -0.05) is 96.5 Å². The van der Waals surface area contributed by atoms with E-state index < -0.39 is 15.9 Å². The molecule has 0 aromatic rings. The number of carbonyl (C=O) groups is 1. The van der Waals surface area contributed by atoms with Crippen LogP contribution in [-0.2, 0) is 14.9 Å². The summed E-state index contributed by atoms with van der Waals surface area (Å²) in [5, 5.41) is 2.43. The van der Waals surface area contributed by atoms with Gasteiger partial charge in [-0.25, -0.2) is 0 Å². The molecule has 0 saturated heterocycles. The molecular weight excluding hydrogens is 362 g/mol.